The Morgan fingerprint density at radius 1 is 1.47 bits per heavy atom. The van der Waals surface area contributed by atoms with E-state index in [1.807, 2.05) is 25.1 Å². The van der Waals surface area contributed by atoms with Crippen molar-refractivity contribution in [2.24, 2.45) is 0 Å². The van der Waals surface area contributed by atoms with E-state index in [4.69, 9.17) is 4.74 Å². The molecule has 1 aliphatic carbocycles. The summed E-state index contributed by atoms with van der Waals surface area (Å²) in [5.41, 5.74) is 1.17. The Morgan fingerprint density at radius 3 is 2.87 bits per heavy atom. The van der Waals surface area contributed by atoms with Crippen LogP contribution in [-0.2, 0) is 4.79 Å². The number of ether oxygens (including phenoxy) is 1. The first kappa shape index (κ1) is 10.7. The molecule has 80 valence electrons. The molecular weight excluding hydrogens is 256 g/mol. The van der Waals surface area contributed by atoms with Crippen molar-refractivity contribution in [2.75, 3.05) is 0 Å². The van der Waals surface area contributed by atoms with Gasteiger partial charge in [-0.3, -0.25) is 4.79 Å². The summed E-state index contributed by atoms with van der Waals surface area (Å²) in [6.45, 7) is 2.02. The van der Waals surface area contributed by atoms with Crippen LogP contribution in [0.25, 0.3) is 0 Å². The van der Waals surface area contributed by atoms with Crippen molar-refractivity contribution in [3.8, 4) is 5.75 Å². The molecule has 0 spiro atoms. The molecule has 0 amide bonds. The maximum atomic E-state index is 11.4. The van der Waals surface area contributed by atoms with Gasteiger partial charge in [-0.1, -0.05) is 6.07 Å². The molecule has 1 atom stereocenters. The molecule has 2 nitrogen and oxygen atoms in total. The van der Waals surface area contributed by atoms with E-state index < -0.39 is 0 Å². The standard InChI is InChI=1S/C12H13BrO2/c1-8-5-6-11(9(13)7-8)15-12-4-2-3-10(12)14/h5-7,12H,2-4H2,1H3. The Balaban J connectivity index is 2.13. The minimum atomic E-state index is -0.232. The van der Waals surface area contributed by atoms with Crippen LogP contribution in [0.4, 0.5) is 0 Å². The first-order chi connectivity index (χ1) is 7.16. The quantitative estimate of drug-likeness (QED) is 0.823. The first-order valence-electron chi connectivity index (χ1n) is 5.12. The normalized spacial score (nSPS) is 20.7. The van der Waals surface area contributed by atoms with E-state index >= 15 is 0 Å². The largest absolute Gasteiger partial charge is 0.481 e. The number of carbonyl (C=O) groups excluding carboxylic acids is 1. The van der Waals surface area contributed by atoms with E-state index in [2.05, 4.69) is 15.9 Å². The summed E-state index contributed by atoms with van der Waals surface area (Å²) < 4.78 is 6.60. The number of carbonyl (C=O) groups is 1. The summed E-state index contributed by atoms with van der Waals surface area (Å²) in [6, 6.07) is 5.89. The van der Waals surface area contributed by atoms with Crippen molar-refractivity contribution in [2.45, 2.75) is 32.3 Å². The third-order valence-corrected chi connectivity index (χ3v) is 3.22. The molecule has 1 aliphatic rings. The molecule has 0 aromatic heterocycles. The topological polar surface area (TPSA) is 26.3 Å². The third-order valence-electron chi connectivity index (χ3n) is 2.61. The van der Waals surface area contributed by atoms with E-state index in [1.54, 1.807) is 0 Å². The molecule has 0 saturated heterocycles. The number of hydrogen-bond acceptors (Lipinski definition) is 2. The number of hydrogen-bond donors (Lipinski definition) is 0. The van der Waals surface area contributed by atoms with E-state index in [1.165, 1.54) is 5.56 Å². The molecule has 1 saturated carbocycles. The van der Waals surface area contributed by atoms with Gasteiger partial charge in [0.1, 0.15) is 5.75 Å². The van der Waals surface area contributed by atoms with Crippen LogP contribution < -0.4 is 4.74 Å². The fourth-order valence-electron chi connectivity index (χ4n) is 1.76. The number of Topliss-reactive ketones (excluding diaryl/α,β-unsaturated/α-hetero) is 1. The van der Waals surface area contributed by atoms with Gasteiger partial charge in [-0.05, 0) is 53.4 Å². The van der Waals surface area contributed by atoms with Crippen LogP contribution in [-0.4, -0.2) is 11.9 Å². The van der Waals surface area contributed by atoms with Gasteiger partial charge in [0.15, 0.2) is 11.9 Å². The van der Waals surface area contributed by atoms with Crippen LogP contribution in [0.15, 0.2) is 22.7 Å². The lowest BCUT2D eigenvalue weighted by Crippen LogP contribution is -2.20. The highest BCUT2D eigenvalue weighted by Gasteiger charge is 2.26. The van der Waals surface area contributed by atoms with Crippen LogP contribution in [0.2, 0.25) is 0 Å². The van der Waals surface area contributed by atoms with Crippen LogP contribution in [0.3, 0.4) is 0 Å². The van der Waals surface area contributed by atoms with Crippen LogP contribution in [0.5, 0.6) is 5.75 Å². The molecule has 2 rings (SSSR count). The van der Waals surface area contributed by atoms with Gasteiger partial charge in [0.05, 0.1) is 4.47 Å². The Labute approximate surface area is 97.8 Å². The Bertz CT molecular complexity index is 387. The van der Waals surface area contributed by atoms with Gasteiger partial charge in [-0.15, -0.1) is 0 Å². The monoisotopic (exact) mass is 268 g/mol. The Hall–Kier alpha value is -0.830. The summed E-state index contributed by atoms with van der Waals surface area (Å²) in [5.74, 6) is 0.989. The average Bonchev–Trinajstić information content (AvgIpc) is 2.57. The average molecular weight is 269 g/mol. The lowest BCUT2D eigenvalue weighted by atomic mass is 10.2. The van der Waals surface area contributed by atoms with Crippen molar-refractivity contribution in [1.29, 1.82) is 0 Å². The van der Waals surface area contributed by atoms with Crippen molar-refractivity contribution >= 4 is 21.7 Å². The minimum Gasteiger partial charge on any atom is -0.481 e. The summed E-state index contributed by atoms with van der Waals surface area (Å²) in [7, 11) is 0. The zero-order valence-electron chi connectivity index (χ0n) is 8.63. The first-order valence-corrected chi connectivity index (χ1v) is 5.91. The van der Waals surface area contributed by atoms with Crippen LogP contribution in [0, 0.1) is 6.92 Å². The Kier molecular flexibility index (Phi) is 3.10. The van der Waals surface area contributed by atoms with Crippen LogP contribution in [0.1, 0.15) is 24.8 Å². The predicted molar refractivity (Wildman–Crippen MR) is 62.2 cm³/mol. The molecule has 0 radical (unpaired) electrons. The van der Waals surface area contributed by atoms with Crippen molar-refractivity contribution in [3.63, 3.8) is 0 Å². The Morgan fingerprint density at radius 2 is 2.27 bits per heavy atom. The fourth-order valence-corrected chi connectivity index (χ4v) is 2.35. The molecular formula is C12H13BrO2. The summed E-state index contributed by atoms with van der Waals surface area (Å²) in [5, 5.41) is 0. The summed E-state index contributed by atoms with van der Waals surface area (Å²) in [4.78, 5) is 11.4. The lowest BCUT2D eigenvalue weighted by molar-refractivity contribution is -0.123. The molecule has 3 heteroatoms. The summed E-state index contributed by atoms with van der Waals surface area (Å²) in [6.07, 6.45) is 2.23. The van der Waals surface area contributed by atoms with E-state index in [9.17, 15) is 4.79 Å². The second kappa shape index (κ2) is 4.35. The van der Waals surface area contributed by atoms with E-state index in [0.717, 1.165) is 23.1 Å². The van der Waals surface area contributed by atoms with Crippen molar-refractivity contribution < 1.29 is 9.53 Å². The van der Waals surface area contributed by atoms with Crippen molar-refractivity contribution in [3.05, 3.63) is 28.2 Å². The number of aryl methyl sites for hydroxylation is 1. The highest BCUT2D eigenvalue weighted by atomic mass is 79.9. The van der Waals surface area contributed by atoms with Crippen LogP contribution >= 0.6 is 15.9 Å². The molecule has 1 unspecified atom stereocenters. The highest BCUT2D eigenvalue weighted by molar-refractivity contribution is 9.10. The molecule has 1 aromatic rings. The number of rotatable bonds is 2. The highest BCUT2D eigenvalue weighted by Crippen LogP contribution is 2.29. The smallest absolute Gasteiger partial charge is 0.173 e. The van der Waals surface area contributed by atoms with Gasteiger partial charge in [-0.25, -0.2) is 0 Å². The summed E-state index contributed by atoms with van der Waals surface area (Å²) >= 11 is 3.44. The van der Waals surface area contributed by atoms with Gasteiger partial charge < -0.3 is 4.74 Å². The number of halogens is 1. The second-order valence-electron chi connectivity index (χ2n) is 3.90. The maximum absolute atomic E-state index is 11.4. The van der Waals surface area contributed by atoms with Gasteiger partial charge in [-0.2, -0.15) is 0 Å². The lowest BCUT2D eigenvalue weighted by Gasteiger charge is -2.13. The number of benzene rings is 1. The third kappa shape index (κ3) is 2.40. The molecule has 0 heterocycles. The van der Waals surface area contributed by atoms with Crippen molar-refractivity contribution in [1.82, 2.24) is 0 Å². The predicted octanol–water partition coefficient (Wildman–Crippen LogP) is 3.26. The molecule has 15 heavy (non-hydrogen) atoms. The van der Waals surface area contributed by atoms with E-state index in [-0.39, 0.29) is 11.9 Å². The van der Waals surface area contributed by atoms with Gasteiger partial charge in [0.2, 0.25) is 0 Å². The number of ketones is 1. The van der Waals surface area contributed by atoms with Gasteiger partial charge in [0.25, 0.3) is 0 Å². The molecule has 1 aromatic carbocycles. The fraction of sp³-hybridized carbons (Fsp3) is 0.417. The zero-order valence-corrected chi connectivity index (χ0v) is 10.2. The SMILES string of the molecule is Cc1ccc(OC2CCCC2=O)c(Br)c1. The second-order valence-corrected chi connectivity index (χ2v) is 4.75. The molecule has 1 fully saturated rings. The molecule has 0 bridgehead atoms. The molecule has 0 N–H and O–H groups in total. The van der Waals surface area contributed by atoms with E-state index in [0.29, 0.717) is 6.42 Å². The van der Waals surface area contributed by atoms with Gasteiger partial charge >= 0.3 is 0 Å². The molecule has 0 aliphatic heterocycles. The zero-order chi connectivity index (χ0) is 10.8. The maximum Gasteiger partial charge on any atom is 0.173 e. The van der Waals surface area contributed by atoms with Gasteiger partial charge in [0, 0.05) is 6.42 Å². The minimum absolute atomic E-state index is 0.225.